The van der Waals surface area contributed by atoms with Crippen molar-refractivity contribution >= 4 is 5.69 Å². The third kappa shape index (κ3) is 3.50. The van der Waals surface area contributed by atoms with E-state index in [1.54, 1.807) is 11.9 Å². The fraction of sp³-hybridized carbons (Fsp3) is 0.417. The van der Waals surface area contributed by atoms with Crippen molar-refractivity contribution in [1.29, 1.82) is 5.26 Å². The molecule has 0 heterocycles. The third-order valence-electron chi connectivity index (χ3n) is 2.80. The first-order valence-corrected chi connectivity index (χ1v) is 5.45. The first-order chi connectivity index (χ1) is 8.45. The van der Waals surface area contributed by atoms with Gasteiger partial charge in [-0.25, -0.2) is 4.39 Å². The van der Waals surface area contributed by atoms with Crippen LogP contribution in [0.5, 0.6) is 0 Å². The molecule has 1 unspecified atom stereocenters. The summed E-state index contributed by atoms with van der Waals surface area (Å²) in [5.74, 6) is -0.503. The van der Waals surface area contributed by atoms with E-state index >= 15 is 0 Å². The SMILES string of the molecule is CC(CC#N)N(C)Cc1cc(F)ccc1[N+](=O)[O-]. The lowest BCUT2D eigenvalue weighted by Crippen LogP contribution is -2.28. The Morgan fingerprint density at radius 2 is 2.28 bits per heavy atom. The van der Waals surface area contributed by atoms with Gasteiger partial charge in [0.1, 0.15) is 5.82 Å². The number of halogens is 1. The molecule has 6 heteroatoms. The van der Waals surface area contributed by atoms with E-state index in [9.17, 15) is 14.5 Å². The van der Waals surface area contributed by atoms with Crippen molar-refractivity contribution in [2.45, 2.75) is 25.9 Å². The minimum Gasteiger partial charge on any atom is -0.298 e. The van der Waals surface area contributed by atoms with Gasteiger partial charge in [-0.2, -0.15) is 5.26 Å². The monoisotopic (exact) mass is 251 g/mol. The van der Waals surface area contributed by atoms with Gasteiger partial charge in [0, 0.05) is 24.2 Å². The van der Waals surface area contributed by atoms with E-state index in [-0.39, 0.29) is 18.3 Å². The lowest BCUT2D eigenvalue weighted by molar-refractivity contribution is -0.385. The van der Waals surface area contributed by atoms with Crippen LogP contribution >= 0.6 is 0 Å². The minimum atomic E-state index is -0.530. The van der Waals surface area contributed by atoms with Crippen LogP contribution in [0.25, 0.3) is 0 Å². The van der Waals surface area contributed by atoms with Crippen molar-refractivity contribution < 1.29 is 9.31 Å². The number of benzene rings is 1. The normalized spacial score (nSPS) is 12.2. The zero-order valence-corrected chi connectivity index (χ0v) is 10.3. The Morgan fingerprint density at radius 3 is 2.83 bits per heavy atom. The standard InChI is InChI=1S/C12H14FN3O2/c1-9(5-6-14)15(2)8-10-7-11(13)3-4-12(10)16(17)18/h3-4,7,9H,5,8H2,1-2H3. The third-order valence-corrected chi connectivity index (χ3v) is 2.80. The van der Waals surface area contributed by atoms with Gasteiger partial charge < -0.3 is 0 Å². The molecule has 0 saturated carbocycles. The van der Waals surface area contributed by atoms with E-state index in [1.807, 2.05) is 13.0 Å². The van der Waals surface area contributed by atoms with Crippen LogP contribution in [0.1, 0.15) is 18.9 Å². The number of nitro benzene ring substituents is 1. The smallest absolute Gasteiger partial charge is 0.274 e. The molecule has 18 heavy (non-hydrogen) atoms. The van der Waals surface area contributed by atoms with Crippen LogP contribution in [0.2, 0.25) is 0 Å². The topological polar surface area (TPSA) is 70.2 Å². The van der Waals surface area contributed by atoms with Crippen LogP contribution in [-0.2, 0) is 6.54 Å². The zero-order chi connectivity index (χ0) is 13.7. The number of nitro groups is 1. The molecule has 1 rings (SSSR count). The lowest BCUT2D eigenvalue weighted by Gasteiger charge is -2.22. The molecule has 0 aliphatic rings. The minimum absolute atomic E-state index is 0.0436. The highest BCUT2D eigenvalue weighted by Crippen LogP contribution is 2.21. The molecule has 0 bridgehead atoms. The second kappa shape index (κ2) is 6.07. The Kier molecular flexibility index (Phi) is 4.75. The van der Waals surface area contributed by atoms with Crippen molar-refractivity contribution in [2.75, 3.05) is 7.05 Å². The van der Waals surface area contributed by atoms with E-state index in [1.165, 1.54) is 0 Å². The number of nitrogens with zero attached hydrogens (tertiary/aromatic N) is 3. The van der Waals surface area contributed by atoms with E-state index in [4.69, 9.17) is 5.26 Å². The molecule has 0 N–H and O–H groups in total. The van der Waals surface area contributed by atoms with E-state index < -0.39 is 10.7 Å². The summed E-state index contributed by atoms with van der Waals surface area (Å²) < 4.78 is 13.1. The highest BCUT2D eigenvalue weighted by molar-refractivity contribution is 5.40. The van der Waals surface area contributed by atoms with Crippen molar-refractivity contribution in [3.8, 4) is 6.07 Å². The maximum Gasteiger partial charge on any atom is 0.274 e. The van der Waals surface area contributed by atoms with Crippen LogP contribution in [0, 0.1) is 27.3 Å². The highest BCUT2D eigenvalue weighted by atomic mass is 19.1. The molecular formula is C12H14FN3O2. The van der Waals surface area contributed by atoms with Crippen LogP contribution in [0.3, 0.4) is 0 Å². The largest absolute Gasteiger partial charge is 0.298 e. The van der Waals surface area contributed by atoms with Crippen LogP contribution < -0.4 is 0 Å². The first kappa shape index (κ1) is 14.1. The average molecular weight is 251 g/mol. The van der Waals surface area contributed by atoms with Crippen LogP contribution in [0.4, 0.5) is 10.1 Å². The van der Waals surface area contributed by atoms with E-state index in [2.05, 4.69) is 0 Å². The van der Waals surface area contributed by atoms with Crippen LogP contribution in [0.15, 0.2) is 18.2 Å². The van der Waals surface area contributed by atoms with Crippen LogP contribution in [-0.4, -0.2) is 22.9 Å². The summed E-state index contributed by atoms with van der Waals surface area (Å²) in [5.41, 5.74) is 0.208. The van der Waals surface area contributed by atoms with Gasteiger partial charge in [-0.15, -0.1) is 0 Å². The van der Waals surface area contributed by atoms with Gasteiger partial charge in [-0.3, -0.25) is 15.0 Å². The molecule has 0 spiro atoms. The molecule has 0 aliphatic heterocycles. The van der Waals surface area contributed by atoms with Gasteiger partial charge in [-0.1, -0.05) is 0 Å². The molecule has 5 nitrogen and oxygen atoms in total. The predicted molar refractivity (Wildman–Crippen MR) is 64.2 cm³/mol. The van der Waals surface area contributed by atoms with Gasteiger partial charge >= 0.3 is 0 Å². The summed E-state index contributed by atoms with van der Waals surface area (Å²) in [6.45, 7) is 2.07. The number of nitriles is 1. The van der Waals surface area contributed by atoms with Crippen molar-refractivity contribution in [3.63, 3.8) is 0 Å². The molecule has 0 saturated heterocycles. The van der Waals surface area contributed by atoms with Gasteiger partial charge in [0.05, 0.1) is 17.4 Å². The average Bonchev–Trinajstić information content (AvgIpc) is 2.28. The Labute approximate surface area is 105 Å². The molecular weight excluding hydrogens is 237 g/mol. The van der Waals surface area contributed by atoms with Crippen molar-refractivity contribution in [3.05, 3.63) is 39.7 Å². The molecule has 0 fully saturated rings. The molecule has 1 aromatic rings. The summed E-state index contributed by atoms with van der Waals surface area (Å²) in [6.07, 6.45) is 0.319. The molecule has 0 aromatic heterocycles. The Bertz CT molecular complexity index is 485. The Morgan fingerprint density at radius 1 is 1.61 bits per heavy atom. The van der Waals surface area contributed by atoms with Crippen molar-refractivity contribution in [1.82, 2.24) is 4.90 Å². The van der Waals surface area contributed by atoms with Gasteiger partial charge in [0.2, 0.25) is 0 Å². The molecule has 0 radical (unpaired) electrons. The molecule has 0 aliphatic carbocycles. The quantitative estimate of drug-likeness (QED) is 0.595. The van der Waals surface area contributed by atoms with Gasteiger partial charge in [0.25, 0.3) is 5.69 Å². The van der Waals surface area contributed by atoms with E-state index in [0.717, 1.165) is 18.2 Å². The number of rotatable bonds is 5. The first-order valence-electron chi connectivity index (χ1n) is 5.45. The maximum atomic E-state index is 13.1. The maximum absolute atomic E-state index is 13.1. The summed E-state index contributed by atoms with van der Waals surface area (Å²) in [6, 6.07) is 5.38. The second-order valence-corrected chi connectivity index (χ2v) is 4.16. The molecule has 1 aromatic carbocycles. The lowest BCUT2D eigenvalue weighted by atomic mass is 10.1. The molecule has 0 amide bonds. The molecule has 96 valence electrons. The fourth-order valence-electron chi connectivity index (χ4n) is 1.57. The Balaban J connectivity index is 2.93. The summed E-state index contributed by atoms with van der Waals surface area (Å²) >= 11 is 0. The summed E-state index contributed by atoms with van der Waals surface area (Å²) in [5, 5.41) is 19.4. The molecule has 1 atom stereocenters. The van der Waals surface area contributed by atoms with Gasteiger partial charge in [0.15, 0.2) is 0 Å². The predicted octanol–water partition coefficient (Wildman–Crippen LogP) is 2.47. The van der Waals surface area contributed by atoms with E-state index in [0.29, 0.717) is 12.0 Å². The number of hydrogen-bond donors (Lipinski definition) is 0. The summed E-state index contributed by atoms with van der Waals surface area (Å²) in [4.78, 5) is 12.1. The highest BCUT2D eigenvalue weighted by Gasteiger charge is 2.18. The summed E-state index contributed by atoms with van der Waals surface area (Å²) in [7, 11) is 1.75. The second-order valence-electron chi connectivity index (χ2n) is 4.16. The van der Waals surface area contributed by atoms with Gasteiger partial charge in [-0.05, 0) is 26.1 Å². The fourth-order valence-corrected chi connectivity index (χ4v) is 1.57. The zero-order valence-electron chi connectivity index (χ0n) is 10.3. The number of hydrogen-bond acceptors (Lipinski definition) is 4. The Hall–Kier alpha value is -2.00. The van der Waals surface area contributed by atoms with Crippen molar-refractivity contribution in [2.24, 2.45) is 0 Å².